The van der Waals surface area contributed by atoms with Crippen LogP contribution in [0.15, 0.2) is 0 Å². The van der Waals surface area contributed by atoms with E-state index in [1.807, 2.05) is 0 Å². The van der Waals surface area contributed by atoms with Gasteiger partial charge in [-0.25, -0.2) is 13.6 Å². The van der Waals surface area contributed by atoms with Crippen molar-refractivity contribution in [1.82, 2.24) is 15.5 Å². The number of likely N-dealkylation sites (tertiary alicyclic amines) is 1. The van der Waals surface area contributed by atoms with E-state index in [4.69, 9.17) is 4.74 Å². The van der Waals surface area contributed by atoms with Gasteiger partial charge in [-0.2, -0.15) is 0 Å². The highest BCUT2D eigenvalue weighted by Gasteiger charge is 2.52. The molecule has 222 valence electrons. The molecule has 2 fully saturated rings. The van der Waals surface area contributed by atoms with Crippen molar-refractivity contribution >= 4 is 29.5 Å². The van der Waals surface area contributed by atoms with Crippen LogP contribution >= 0.6 is 0 Å². The van der Waals surface area contributed by atoms with Gasteiger partial charge in [0.05, 0.1) is 6.04 Å². The highest BCUT2D eigenvalue weighted by atomic mass is 19.3. The van der Waals surface area contributed by atoms with E-state index >= 15 is 0 Å². The summed E-state index contributed by atoms with van der Waals surface area (Å²) in [6, 6.07) is -3.39. The first-order valence-corrected chi connectivity index (χ1v) is 13.7. The summed E-state index contributed by atoms with van der Waals surface area (Å²) in [5.74, 6) is -2.76. The Bertz CT molecular complexity index is 943. The standard InChI is InChI=1S/C28H45F2N3O6/c1-15-9-10-17-14-33(25(37)23(27(3,4)5)32-26(38)39-28(6,7)8)21(18(17)13-15)24(36)31-19(11-12-20(29)30)22(35)16(2)34/h15,17-21,23H,9-14H2,1-8H3,(H,31,36)(H,32,38)/t15?,17-,18-,19?,21?,23?/m0/s1. The first kappa shape index (κ1) is 32.6. The number of amides is 3. The molecule has 0 spiro atoms. The summed E-state index contributed by atoms with van der Waals surface area (Å²) in [6.07, 6.45) is -2.10. The molecule has 9 nitrogen and oxygen atoms in total. The Balaban J connectivity index is 2.40. The molecule has 1 aliphatic heterocycles. The number of rotatable bonds is 9. The van der Waals surface area contributed by atoms with Crippen LogP contribution in [-0.4, -0.2) is 71.1 Å². The van der Waals surface area contributed by atoms with Crippen LogP contribution in [0.5, 0.6) is 0 Å². The average Bonchev–Trinajstić information content (AvgIpc) is 3.15. The number of carbonyl (C=O) groups excluding carboxylic acids is 5. The molecule has 6 atom stereocenters. The van der Waals surface area contributed by atoms with Crippen LogP contribution in [0.4, 0.5) is 13.6 Å². The van der Waals surface area contributed by atoms with E-state index in [2.05, 4.69) is 17.6 Å². The molecule has 0 aromatic carbocycles. The van der Waals surface area contributed by atoms with Gasteiger partial charge in [0.15, 0.2) is 5.78 Å². The van der Waals surface area contributed by atoms with Crippen molar-refractivity contribution in [2.24, 2.45) is 23.2 Å². The van der Waals surface area contributed by atoms with Crippen molar-refractivity contribution in [2.75, 3.05) is 6.54 Å². The Hall–Kier alpha value is -2.59. The van der Waals surface area contributed by atoms with Gasteiger partial charge in [-0.05, 0) is 63.2 Å². The third-order valence-electron chi connectivity index (χ3n) is 7.46. The number of hydrogen-bond acceptors (Lipinski definition) is 6. The van der Waals surface area contributed by atoms with Gasteiger partial charge in [-0.3, -0.25) is 19.2 Å². The predicted octanol–water partition coefficient (Wildman–Crippen LogP) is 3.88. The van der Waals surface area contributed by atoms with Gasteiger partial charge in [0, 0.05) is 19.9 Å². The number of hydrogen-bond donors (Lipinski definition) is 2. The van der Waals surface area contributed by atoms with E-state index in [0.29, 0.717) is 18.9 Å². The van der Waals surface area contributed by atoms with Gasteiger partial charge in [0.25, 0.3) is 0 Å². The molecule has 0 bridgehead atoms. The first-order valence-electron chi connectivity index (χ1n) is 13.7. The largest absolute Gasteiger partial charge is 0.444 e. The minimum atomic E-state index is -2.70. The monoisotopic (exact) mass is 557 g/mol. The quantitative estimate of drug-likeness (QED) is 0.415. The van der Waals surface area contributed by atoms with Crippen LogP contribution in [0, 0.1) is 23.2 Å². The third kappa shape index (κ3) is 8.96. The number of nitrogens with one attached hydrogen (secondary N) is 2. The second-order valence-corrected chi connectivity index (χ2v) is 13.2. The number of Topliss-reactive ketones (excluding diaryl/α,β-unsaturated/α-hetero) is 2. The minimum absolute atomic E-state index is 0.0334. The van der Waals surface area contributed by atoms with Gasteiger partial charge < -0.3 is 20.3 Å². The predicted molar refractivity (Wildman–Crippen MR) is 141 cm³/mol. The van der Waals surface area contributed by atoms with Crippen LogP contribution in [-0.2, 0) is 23.9 Å². The first-order chi connectivity index (χ1) is 17.8. The Labute approximate surface area is 230 Å². The summed E-state index contributed by atoms with van der Waals surface area (Å²) in [4.78, 5) is 66.1. The molecule has 1 saturated heterocycles. The van der Waals surface area contributed by atoms with E-state index in [-0.39, 0.29) is 11.8 Å². The summed E-state index contributed by atoms with van der Waals surface area (Å²) < 4.78 is 31.2. The zero-order valence-corrected chi connectivity index (χ0v) is 24.4. The number of alkyl halides is 2. The molecule has 39 heavy (non-hydrogen) atoms. The Morgan fingerprint density at radius 3 is 2.10 bits per heavy atom. The SMILES string of the molecule is CC(=O)C(=O)C(CCC(F)F)NC(=O)C1[C@H]2CC(C)CC[C@H]2CN1C(=O)C(NC(=O)OC(C)(C)C)C(C)(C)C. The molecule has 2 rings (SSSR count). The van der Waals surface area contributed by atoms with E-state index < -0.39 is 77.9 Å². The van der Waals surface area contributed by atoms with E-state index in [1.54, 1.807) is 41.5 Å². The molecule has 0 radical (unpaired) electrons. The smallest absolute Gasteiger partial charge is 0.408 e. The van der Waals surface area contributed by atoms with Crippen LogP contribution in [0.25, 0.3) is 0 Å². The normalized spacial score (nSPS) is 24.9. The van der Waals surface area contributed by atoms with Gasteiger partial charge in [0.1, 0.15) is 17.7 Å². The van der Waals surface area contributed by atoms with E-state index in [1.165, 1.54) is 4.90 Å². The highest BCUT2D eigenvalue weighted by molar-refractivity contribution is 6.38. The molecule has 1 heterocycles. The van der Waals surface area contributed by atoms with Crippen molar-refractivity contribution in [2.45, 2.75) is 118 Å². The fourth-order valence-electron chi connectivity index (χ4n) is 5.57. The zero-order chi connectivity index (χ0) is 29.9. The lowest BCUT2D eigenvalue weighted by Crippen LogP contribution is -2.60. The number of carbonyl (C=O) groups is 5. The van der Waals surface area contributed by atoms with Gasteiger partial charge in [-0.15, -0.1) is 0 Å². The summed E-state index contributed by atoms with van der Waals surface area (Å²) in [5, 5.41) is 5.21. The summed E-state index contributed by atoms with van der Waals surface area (Å²) in [5.41, 5.74) is -1.52. The van der Waals surface area contributed by atoms with Crippen LogP contribution < -0.4 is 10.6 Å². The van der Waals surface area contributed by atoms with E-state index in [0.717, 1.165) is 19.8 Å². The number of nitrogens with zero attached hydrogens (tertiary/aromatic N) is 1. The molecule has 2 N–H and O–H groups in total. The van der Waals surface area contributed by atoms with Gasteiger partial charge >= 0.3 is 6.09 Å². The minimum Gasteiger partial charge on any atom is -0.444 e. The average molecular weight is 558 g/mol. The third-order valence-corrected chi connectivity index (χ3v) is 7.46. The van der Waals surface area contributed by atoms with Crippen molar-refractivity contribution < 1.29 is 37.5 Å². The second kappa shape index (κ2) is 12.7. The lowest BCUT2D eigenvalue weighted by molar-refractivity contribution is -0.144. The zero-order valence-electron chi connectivity index (χ0n) is 24.4. The molecule has 1 aliphatic carbocycles. The summed E-state index contributed by atoms with van der Waals surface area (Å²) >= 11 is 0. The highest BCUT2D eigenvalue weighted by Crippen LogP contribution is 2.43. The van der Waals surface area contributed by atoms with Crippen molar-refractivity contribution in [3.05, 3.63) is 0 Å². The number of halogens is 2. The Morgan fingerprint density at radius 1 is 0.974 bits per heavy atom. The van der Waals surface area contributed by atoms with Crippen LogP contribution in [0.1, 0.15) is 87.5 Å². The molecule has 2 aliphatic rings. The van der Waals surface area contributed by atoms with Gasteiger partial charge in [0.2, 0.25) is 24.0 Å². The van der Waals surface area contributed by atoms with Crippen LogP contribution in [0.3, 0.4) is 0 Å². The maximum Gasteiger partial charge on any atom is 0.408 e. The molecular weight excluding hydrogens is 512 g/mol. The fourth-order valence-corrected chi connectivity index (χ4v) is 5.57. The molecule has 3 amide bonds. The molecule has 0 aromatic rings. The maximum absolute atomic E-state index is 14.0. The number of ether oxygens (including phenoxy) is 1. The van der Waals surface area contributed by atoms with Crippen molar-refractivity contribution in [3.8, 4) is 0 Å². The molecule has 0 aromatic heterocycles. The molecule has 1 saturated carbocycles. The second-order valence-electron chi connectivity index (χ2n) is 13.2. The topological polar surface area (TPSA) is 122 Å². The van der Waals surface area contributed by atoms with Crippen LogP contribution in [0.2, 0.25) is 0 Å². The number of ketones is 2. The Kier molecular flexibility index (Phi) is 10.6. The maximum atomic E-state index is 14.0. The van der Waals surface area contributed by atoms with Crippen molar-refractivity contribution in [3.63, 3.8) is 0 Å². The molecule has 4 unspecified atom stereocenters. The molecule has 11 heteroatoms. The number of fused-ring (bicyclic) bond motifs is 1. The lowest BCUT2D eigenvalue weighted by Gasteiger charge is -2.37. The number of alkyl carbamates (subject to hydrolysis) is 1. The Morgan fingerprint density at radius 2 is 1.59 bits per heavy atom. The van der Waals surface area contributed by atoms with E-state index in [9.17, 15) is 32.8 Å². The van der Waals surface area contributed by atoms with Gasteiger partial charge in [-0.1, -0.05) is 34.1 Å². The van der Waals surface area contributed by atoms with Crippen molar-refractivity contribution in [1.29, 1.82) is 0 Å². The fraction of sp³-hybridized carbons (Fsp3) is 0.821. The lowest BCUT2D eigenvalue weighted by atomic mass is 9.74. The molecular formula is C28H45F2N3O6. The summed E-state index contributed by atoms with van der Waals surface area (Å²) in [7, 11) is 0. The summed E-state index contributed by atoms with van der Waals surface area (Å²) in [6.45, 7) is 13.9.